The quantitative estimate of drug-likeness (QED) is 0.250. The number of hydrogen-bond donors (Lipinski definition) is 0. The van der Waals surface area contributed by atoms with Crippen LogP contribution in [0.1, 0.15) is 0 Å². The third-order valence-electron chi connectivity index (χ3n) is 7.01. The molecule has 0 amide bonds. The minimum absolute atomic E-state index is 0.942. The molecule has 7 aromatic rings. The minimum Gasteiger partial charge on any atom is -0.292 e. The smallest absolute Gasteiger partial charge is 0.145 e. The molecule has 37 heavy (non-hydrogen) atoms. The van der Waals surface area contributed by atoms with Crippen molar-refractivity contribution >= 4 is 21.8 Å². The maximum atomic E-state index is 5.08. The first-order valence-electron chi connectivity index (χ1n) is 12.6. The second-order valence-corrected chi connectivity index (χ2v) is 9.28. The number of imidazole rings is 1. The Hall–Kier alpha value is -4.95. The van der Waals surface area contributed by atoms with Crippen LogP contribution in [0.15, 0.2) is 146 Å². The number of hydrogen-bond acceptors (Lipinski definition) is 1. The number of para-hydroxylation sites is 2. The summed E-state index contributed by atoms with van der Waals surface area (Å²) < 4.78 is 2.27. The van der Waals surface area contributed by atoms with Gasteiger partial charge in [-0.1, -0.05) is 115 Å². The molecule has 2 nitrogen and oxygen atoms in total. The summed E-state index contributed by atoms with van der Waals surface area (Å²) in [5.41, 5.74) is 9.11. The van der Waals surface area contributed by atoms with Gasteiger partial charge in [0.05, 0.1) is 11.0 Å². The Morgan fingerprint density at radius 3 is 2.03 bits per heavy atom. The van der Waals surface area contributed by atoms with Gasteiger partial charge in [-0.25, -0.2) is 4.98 Å². The second-order valence-electron chi connectivity index (χ2n) is 9.28. The maximum absolute atomic E-state index is 5.08. The molecule has 2 heteroatoms. The Morgan fingerprint density at radius 1 is 0.459 bits per heavy atom. The largest absolute Gasteiger partial charge is 0.292 e. The van der Waals surface area contributed by atoms with Gasteiger partial charge in [0.25, 0.3) is 0 Å². The van der Waals surface area contributed by atoms with E-state index in [9.17, 15) is 0 Å². The van der Waals surface area contributed by atoms with E-state index in [-0.39, 0.29) is 0 Å². The van der Waals surface area contributed by atoms with Crippen LogP contribution in [0.3, 0.4) is 0 Å². The molecule has 0 bridgehead atoms. The summed E-state index contributed by atoms with van der Waals surface area (Å²) in [5, 5.41) is 2.52. The van der Waals surface area contributed by atoms with E-state index in [1.807, 2.05) is 6.07 Å². The van der Waals surface area contributed by atoms with Crippen LogP contribution in [0.5, 0.6) is 0 Å². The predicted octanol–water partition coefficient (Wildman–Crippen LogP) is 9.18. The van der Waals surface area contributed by atoms with Gasteiger partial charge in [0, 0.05) is 11.3 Å². The Labute approximate surface area is 216 Å². The normalized spacial score (nSPS) is 11.2. The number of benzene rings is 6. The molecule has 0 fully saturated rings. The van der Waals surface area contributed by atoms with E-state index in [0.29, 0.717) is 0 Å². The van der Waals surface area contributed by atoms with Crippen LogP contribution in [0.2, 0.25) is 0 Å². The van der Waals surface area contributed by atoms with Crippen molar-refractivity contribution < 1.29 is 0 Å². The van der Waals surface area contributed by atoms with E-state index in [1.165, 1.54) is 33.0 Å². The van der Waals surface area contributed by atoms with Crippen LogP contribution < -0.4 is 0 Å². The molecule has 0 saturated heterocycles. The molecule has 0 atom stereocenters. The van der Waals surface area contributed by atoms with Gasteiger partial charge in [-0.15, -0.1) is 0 Å². The highest BCUT2D eigenvalue weighted by Gasteiger charge is 2.15. The summed E-state index contributed by atoms with van der Waals surface area (Å²) >= 11 is 0. The Bertz CT molecular complexity index is 1860. The average molecular weight is 473 g/mol. The molecule has 0 saturated carbocycles. The van der Waals surface area contributed by atoms with E-state index >= 15 is 0 Å². The summed E-state index contributed by atoms with van der Waals surface area (Å²) in [6, 6.07) is 51.4. The molecule has 1 aromatic heterocycles. The van der Waals surface area contributed by atoms with Gasteiger partial charge in [0.1, 0.15) is 5.82 Å². The van der Waals surface area contributed by atoms with Crippen molar-refractivity contribution in [3.63, 3.8) is 0 Å². The van der Waals surface area contributed by atoms with Crippen LogP contribution >= 0.6 is 0 Å². The minimum atomic E-state index is 0.942. The lowest BCUT2D eigenvalue weighted by atomic mass is 9.98. The molecule has 6 aromatic carbocycles. The fourth-order valence-corrected chi connectivity index (χ4v) is 5.22. The third-order valence-corrected chi connectivity index (χ3v) is 7.01. The van der Waals surface area contributed by atoms with E-state index < -0.39 is 0 Å². The highest BCUT2D eigenvalue weighted by Crippen LogP contribution is 2.33. The second kappa shape index (κ2) is 8.92. The number of nitrogens with zero attached hydrogens (tertiary/aromatic N) is 2. The molecule has 0 aliphatic heterocycles. The first-order valence-corrected chi connectivity index (χ1v) is 12.6. The lowest BCUT2D eigenvalue weighted by Gasteiger charge is -2.12. The van der Waals surface area contributed by atoms with Crippen LogP contribution in [0.4, 0.5) is 0 Å². The van der Waals surface area contributed by atoms with Crippen LogP contribution in [-0.2, 0) is 0 Å². The van der Waals surface area contributed by atoms with E-state index in [2.05, 4.69) is 144 Å². The molecular formula is C35H24N2. The van der Waals surface area contributed by atoms with Crippen molar-refractivity contribution in [3.8, 4) is 39.3 Å². The van der Waals surface area contributed by atoms with Crippen molar-refractivity contribution in [2.45, 2.75) is 0 Å². The molecule has 7 rings (SSSR count). The van der Waals surface area contributed by atoms with Crippen molar-refractivity contribution in [1.82, 2.24) is 9.55 Å². The molecule has 0 spiro atoms. The van der Waals surface area contributed by atoms with Crippen LogP contribution in [-0.4, -0.2) is 9.55 Å². The molecule has 0 aliphatic carbocycles. The van der Waals surface area contributed by atoms with Crippen LogP contribution in [0, 0.1) is 0 Å². The van der Waals surface area contributed by atoms with E-state index in [0.717, 1.165) is 28.1 Å². The highest BCUT2D eigenvalue weighted by atomic mass is 15.1. The van der Waals surface area contributed by atoms with Crippen LogP contribution in [0.25, 0.3) is 61.1 Å². The van der Waals surface area contributed by atoms with Gasteiger partial charge in [0.2, 0.25) is 0 Å². The van der Waals surface area contributed by atoms with Gasteiger partial charge < -0.3 is 0 Å². The topological polar surface area (TPSA) is 17.8 Å². The van der Waals surface area contributed by atoms with Crippen molar-refractivity contribution in [2.75, 3.05) is 0 Å². The zero-order chi connectivity index (χ0) is 24.6. The lowest BCUT2D eigenvalue weighted by Crippen LogP contribution is -1.98. The molecule has 0 unspecified atom stereocenters. The highest BCUT2D eigenvalue weighted by molar-refractivity contribution is 5.96. The molecule has 0 aliphatic rings. The Balaban J connectivity index is 1.37. The lowest BCUT2D eigenvalue weighted by molar-refractivity contribution is 1.10. The maximum Gasteiger partial charge on any atom is 0.145 e. The van der Waals surface area contributed by atoms with Crippen molar-refractivity contribution in [3.05, 3.63) is 146 Å². The monoisotopic (exact) mass is 472 g/mol. The summed E-state index contributed by atoms with van der Waals surface area (Å²) in [6.07, 6.45) is 0. The molecule has 174 valence electrons. The Kier molecular flexibility index (Phi) is 5.15. The average Bonchev–Trinajstić information content (AvgIpc) is 3.37. The summed E-state index contributed by atoms with van der Waals surface area (Å²) in [4.78, 5) is 5.08. The van der Waals surface area contributed by atoms with Crippen molar-refractivity contribution in [2.24, 2.45) is 0 Å². The van der Waals surface area contributed by atoms with Gasteiger partial charge in [-0.2, -0.15) is 0 Å². The fraction of sp³-hybridized carbons (Fsp3) is 0. The SMILES string of the molecule is c1ccc(-c2cccc(-c3nc4ccccc4n3-c3ccc(-c4cccc5ccccc45)cc3)c2)cc1. The Morgan fingerprint density at radius 2 is 1.14 bits per heavy atom. The van der Waals surface area contributed by atoms with Crippen molar-refractivity contribution in [1.29, 1.82) is 0 Å². The predicted molar refractivity (Wildman–Crippen MR) is 155 cm³/mol. The number of rotatable bonds is 4. The molecule has 0 N–H and O–H groups in total. The first-order chi connectivity index (χ1) is 18.3. The van der Waals surface area contributed by atoms with E-state index in [4.69, 9.17) is 4.98 Å². The zero-order valence-corrected chi connectivity index (χ0v) is 20.3. The summed E-state index contributed by atoms with van der Waals surface area (Å²) in [6.45, 7) is 0. The third kappa shape index (κ3) is 3.80. The summed E-state index contributed by atoms with van der Waals surface area (Å²) in [5.74, 6) is 0.942. The molecule has 0 radical (unpaired) electrons. The molecule has 1 heterocycles. The number of fused-ring (bicyclic) bond motifs is 2. The van der Waals surface area contributed by atoms with Gasteiger partial charge in [-0.05, 0) is 63.4 Å². The van der Waals surface area contributed by atoms with Gasteiger partial charge in [0.15, 0.2) is 0 Å². The summed E-state index contributed by atoms with van der Waals surface area (Å²) in [7, 11) is 0. The fourth-order valence-electron chi connectivity index (χ4n) is 5.22. The number of aromatic nitrogens is 2. The zero-order valence-electron chi connectivity index (χ0n) is 20.3. The van der Waals surface area contributed by atoms with Gasteiger partial charge in [-0.3, -0.25) is 4.57 Å². The standard InChI is InChI=1S/C35H24N2/c1-2-10-25(11-3-1)28-14-8-15-29(24-28)35-36-33-18-6-7-19-34(33)37(35)30-22-20-27(21-23-30)32-17-9-13-26-12-4-5-16-31(26)32/h1-24H. The molecular weight excluding hydrogens is 448 g/mol. The first kappa shape index (κ1) is 21.3. The van der Waals surface area contributed by atoms with E-state index in [1.54, 1.807) is 0 Å². The van der Waals surface area contributed by atoms with Gasteiger partial charge >= 0.3 is 0 Å².